The predicted octanol–water partition coefficient (Wildman–Crippen LogP) is 1.65. The number of ether oxygens (including phenoxy) is 1. The van der Waals surface area contributed by atoms with Crippen LogP contribution in [0.1, 0.15) is 35.5 Å². The van der Waals surface area contributed by atoms with E-state index in [0.29, 0.717) is 31.3 Å². The molecule has 0 unspecified atom stereocenters. The van der Waals surface area contributed by atoms with E-state index in [4.69, 9.17) is 9.26 Å². The average molecular weight is 343 g/mol. The third-order valence-corrected chi connectivity index (χ3v) is 4.83. The lowest BCUT2D eigenvalue weighted by Gasteiger charge is -2.38. The summed E-state index contributed by atoms with van der Waals surface area (Å²) in [4.78, 5) is 22.8. The fourth-order valence-corrected chi connectivity index (χ4v) is 3.63. The van der Waals surface area contributed by atoms with Crippen LogP contribution in [0.25, 0.3) is 0 Å². The number of rotatable bonds is 3. The molecule has 1 N–H and O–H groups in total. The van der Waals surface area contributed by atoms with Crippen LogP contribution in [0.2, 0.25) is 0 Å². The van der Waals surface area contributed by atoms with Crippen LogP contribution in [0.3, 0.4) is 0 Å². The molecule has 1 amide bonds. The van der Waals surface area contributed by atoms with Crippen molar-refractivity contribution in [1.29, 1.82) is 0 Å². The lowest BCUT2D eigenvalue weighted by molar-refractivity contribution is -0.0722. The van der Waals surface area contributed by atoms with E-state index in [1.807, 2.05) is 0 Å². The Balaban J connectivity index is 1.41. The van der Waals surface area contributed by atoms with Crippen molar-refractivity contribution in [3.05, 3.63) is 36.0 Å². The van der Waals surface area contributed by atoms with E-state index in [1.165, 1.54) is 0 Å². The first-order valence-electron chi connectivity index (χ1n) is 8.54. The lowest BCUT2D eigenvalue weighted by atomic mass is 9.89. The van der Waals surface area contributed by atoms with Gasteiger partial charge < -0.3 is 19.5 Å². The molecule has 4 rings (SSSR count). The quantitative estimate of drug-likeness (QED) is 0.905. The maximum Gasteiger partial charge on any atom is 0.292 e. The number of carbonyl (C=O) groups excluding carboxylic acids is 1. The van der Waals surface area contributed by atoms with Crippen molar-refractivity contribution in [1.82, 2.24) is 20.0 Å². The highest BCUT2D eigenvalue weighted by atomic mass is 16.5. The first-order valence-corrected chi connectivity index (χ1v) is 8.54. The highest BCUT2D eigenvalue weighted by Gasteiger charge is 2.45. The SMILES string of the molecule is Cc1cc(C(=O)N2CC[C@]3(C[C@@H](Nc4ncccn4)CCO3)C2)on1. The second-order valence-corrected chi connectivity index (χ2v) is 6.75. The van der Waals surface area contributed by atoms with Crippen molar-refractivity contribution in [2.45, 2.75) is 37.8 Å². The molecule has 1 spiro atoms. The molecular formula is C17H21N5O3. The minimum Gasteiger partial charge on any atom is -0.373 e. The molecule has 2 aromatic rings. The van der Waals surface area contributed by atoms with Crippen LogP contribution in [-0.2, 0) is 4.74 Å². The number of aryl methyl sites for hydroxylation is 1. The van der Waals surface area contributed by atoms with Crippen molar-refractivity contribution in [3.8, 4) is 0 Å². The summed E-state index contributed by atoms with van der Waals surface area (Å²) in [5.74, 6) is 0.799. The molecule has 4 heterocycles. The van der Waals surface area contributed by atoms with Crippen molar-refractivity contribution in [2.24, 2.45) is 0 Å². The Kier molecular flexibility index (Phi) is 4.12. The summed E-state index contributed by atoms with van der Waals surface area (Å²) in [5.41, 5.74) is 0.397. The standard InChI is InChI=1S/C17H21N5O3/c1-12-9-14(25-21-12)15(23)22-7-4-17(11-22)10-13(3-8-24-17)20-16-18-5-2-6-19-16/h2,5-6,9,13H,3-4,7-8,10-11H2,1H3,(H,18,19,20)/t13-,17-/m0/s1. The second kappa shape index (κ2) is 6.44. The Hall–Kier alpha value is -2.48. The molecule has 2 fully saturated rings. The zero-order chi connectivity index (χ0) is 17.3. The average Bonchev–Trinajstić information content (AvgIpc) is 3.22. The van der Waals surface area contributed by atoms with Gasteiger partial charge in [-0.05, 0) is 32.3 Å². The molecule has 2 aliphatic rings. The van der Waals surface area contributed by atoms with Gasteiger partial charge >= 0.3 is 0 Å². The van der Waals surface area contributed by atoms with E-state index in [-0.39, 0.29) is 23.3 Å². The number of likely N-dealkylation sites (tertiary alicyclic amines) is 1. The summed E-state index contributed by atoms with van der Waals surface area (Å²) >= 11 is 0. The molecule has 0 aliphatic carbocycles. The molecule has 2 aromatic heterocycles. The van der Waals surface area contributed by atoms with Crippen LogP contribution in [0.15, 0.2) is 29.0 Å². The van der Waals surface area contributed by atoms with Crippen LogP contribution >= 0.6 is 0 Å². The Morgan fingerprint density at radius 1 is 1.40 bits per heavy atom. The van der Waals surface area contributed by atoms with Gasteiger partial charge in [-0.2, -0.15) is 0 Å². The number of nitrogens with zero attached hydrogens (tertiary/aromatic N) is 4. The molecule has 0 aromatic carbocycles. The van der Waals surface area contributed by atoms with Crippen molar-refractivity contribution in [2.75, 3.05) is 25.0 Å². The molecule has 8 heteroatoms. The molecule has 0 bridgehead atoms. The van der Waals surface area contributed by atoms with Crippen molar-refractivity contribution < 1.29 is 14.1 Å². The molecule has 132 valence electrons. The fourth-order valence-electron chi connectivity index (χ4n) is 3.63. The Morgan fingerprint density at radius 2 is 2.24 bits per heavy atom. The van der Waals surface area contributed by atoms with E-state index in [9.17, 15) is 4.79 Å². The van der Waals surface area contributed by atoms with Gasteiger partial charge in [-0.15, -0.1) is 0 Å². The maximum absolute atomic E-state index is 12.6. The van der Waals surface area contributed by atoms with Gasteiger partial charge in [-0.25, -0.2) is 9.97 Å². The van der Waals surface area contributed by atoms with Gasteiger partial charge in [-0.1, -0.05) is 5.16 Å². The molecule has 2 aliphatic heterocycles. The Bertz CT molecular complexity index is 750. The number of hydrogen-bond donors (Lipinski definition) is 1. The number of anilines is 1. The second-order valence-electron chi connectivity index (χ2n) is 6.75. The molecular weight excluding hydrogens is 322 g/mol. The summed E-state index contributed by atoms with van der Waals surface area (Å²) in [7, 11) is 0. The molecule has 2 saturated heterocycles. The minimum atomic E-state index is -0.310. The van der Waals surface area contributed by atoms with Crippen LogP contribution < -0.4 is 5.32 Å². The summed E-state index contributed by atoms with van der Waals surface area (Å²) in [6.07, 6.45) is 5.99. The first kappa shape index (κ1) is 16.0. The fraction of sp³-hybridized carbons (Fsp3) is 0.529. The number of amides is 1. The van der Waals surface area contributed by atoms with E-state index in [1.54, 1.807) is 36.4 Å². The van der Waals surface area contributed by atoms with E-state index < -0.39 is 0 Å². The minimum absolute atomic E-state index is 0.123. The van der Waals surface area contributed by atoms with E-state index in [0.717, 1.165) is 19.3 Å². The van der Waals surface area contributed by atoms with E-state index >= 15 is 0 Å². The van der Waals surface area contributed by atoms with Gasteiger partial charge in [0.1, 0.15) is 0 Å². The van der Waals surface area contributed by atoms with Crippen LogP contribution in [0.4, 0.5) is 5.95 Å². The van der Waals surface area contributed by atoms with Gasteiger partial charge in [0.2, 0.25) is 11.7 Å². The van der Waals surface area contributed by atoms with E-state index in [2.05, 4.69) is 20.4 Å². The number of carbonyl (C=O) groups is 1. The van der Waals surface area contributed by atoms with Crippen LogP contribution in [-0.4, -0.2) is 57.3 Å². The van der Waals surface area contributed by atoms with Crippen LogP contribution in [0, 0.1) is 6.92 Å². The highest BCUT2D eigenvalue weighted by molar-refractivity contribution is 5.91. The zero-order valence-corrected chi connectivity index (χ0v) is 14.1. The summed E-state index contributed by atoms with van der Waals surface area (Å²) in [5, 5.41) is 7.17. The summed E-state index contributed by atoms with van der Waals surface area (Å²) in [6.45, 7) is 3.69. The van der Waals surface area contributed by atoms with Crippen molar-refractivity contribution >= 4 is 11.9 Å². The monoisotopic (exact) mass is 343 g/mol. The number of nitrogens with one attached hydrogen (secondary N) is 1. The lowest BCUT2D eigenvalue weighted by Crippen LogP contribution is -2.47. The van der Waals surface area contributed by atoms with Gasteiger partial charge in [0, 0.05) is 37.7 Å². The molecule has 0 radical (unpaired) electrons. The molecule has 8 nitrogen and oxygen atoms in total. The Labute approximate surface area is 145 Å². The van der Waals surface area contributed by atoms with Gasteiger partial charge in [0.15, 0.2) is 0 Å². The predicted molar refractivity (Wildman–Crippen MR) is 89.1 cm³/mol. The number of aromatic nitrogens is 3. The van der Waals surface area contributed by atoms with Gasteiger partial charge in [-0.3, -0.25) is 4.79 Å². The first-order chi connectivity index (χ1) is 12.1. The molecule has 25 heavy (non-hydrogen) atoms. The largest absolute Gasteiger partial charge is 0.373 e. The molecule has 0 saturated carbocycles. The third kappa shape index (κ3) is 3.34. The smallest absolute Gasteiger partial charge is 0.292 e. The number of hydrogen-bond acceptors (Lipinski definition) is 7. The highest BCUT2D eigenvalue weighted by Crippen LogP contribution is 2.35. The van der Waals surface area contributed by atoms with Crippen LogP contribution in [0.5, 0.6) is 0 Å². The Morgan fingerprint density at radius 3 is 3.00 bits per heavy atom. The maximum atomic E-state index is 12.6. The summed E-state index contributed by atoms with van der Waals surface area (Å²) in [6, 6.07) is 3.70. The third-order valence-electron chi connectivity index (χ3n) is 4.83. The normalized spacial score (nSPS) is 26.1. The van der Waals surface area contributed by atoms with Gasteiger partial charge in [0.05, 0.1) is 17.8 Å². The molecule has 2 atom stereocenters. The summed E-state index contributed by atoms with van der Waals surface area (Å²) < 4.78 is 11.2. The topological polar surface area (TPSA) is 93.4 Å². The van der Waals surface area contributed by atoms with Crippen molar-refractivity contribution in [3.63, 3.8) is 0 Å². The zero-order valence-electron chi connectivity index (χ0n) is 14.1. The van der Waals surface area contributed by atoms with Gasteiger partial charge in [0.25, 0.3) is 5.91 Å².